The monoisotopic (exact) mass is 444 g/mol. The number of unbranched alkanes of at least 4 members (excludes halogenated alkanes) is 7. The molecule has 0 spiro atoms. The Morgan fingerprint density at radius 2 is 1.34 bits per heavy atom. The van der Waals surface area contributed by atoms with Gasteiger partial charge in [0.15, 0.2) is 6.29 Å². The molecule has 0 bridgehead atoms. The lowest BCUT2D eigenvalue weighted by Crippen LogP contribution is -2.34. The zero-order chi connectivity index (χ0) is 22.4. The molecule has 182 valence electrons. The molecule has 0 atom stereocenters. The van der Waals surface area contributed by atoms with Crippen molar-refractivity contribution in [2.45, 2.75) is 110 Å². The van der Waals surface area contributed by atoms with E-state index in [-0.39, 0.29) is 6.29 Å². The molecular formula is C29H48O3. The van der Waals surface area contributed by atoms with Gasteiger partial charge in [0, 0.05) is 11.5 Å². The van der Waals surface area contributed by atoms with Crippen molar-refractivity contribution in [3.8, 4) is 5.75 Å². The zero-order valence-corrected chi connectivity index (χ0v) is 20.9. The van der Waals surface area contributed by atoms with Crippen molar-refractivity contribution >= 4 is 0 Å². The minimum atomic E-state index is -0.218. The van der Waals surface area contributed by atoms with Crippen molar-refractivity contribution in [1.29, 1.82) is 0 Å². The van der Waals surface area contributed by atoms with Gasteiger partial charge >= 0.3 is 0 Å². The van der Waals surface area contributed by atoms with E-state index in [0.717, 1.165) is 49.4 Å². The molecule has 1 aliphatic carbocycles. The van der Waals surface area contributed by atoms with Crippen LogP contribution in [0.25, 0.3) is 0 Å². The Kier molecular flexibility index (Phi) is 12.0. The third-order valence-corrected chi connectivity index (χ3v) is 7.60. The highest BCUT2D eigenvalue weighted by Gasteiger charge is 2.32. The second-order valence-electron chi connectivity index (χ2n) is 10.2. The maximum absolute atomic E-state index is 6.14. The second-order valence-corrected chi connectivity index (χ2v) is 10.2. The molecule has 3 nitrogen and oxygen atoms in total. The summed E-state index contributed by atoms with van der Waals surface area (Å²) in [5.74, 6) is 3.28. The van der Waals surface area contributed by atoms with Crippen LogP contribution in [0.15, 0.2) is 24.3 Å². The van der Waals surface area contributed by atoms with E-state index < -0.39 is 0 Å². The van der Waals surface area contributed by atoms with Gasteiger partial charge in [-0.1, -0.05) is 96.6 Å². The van der Waals surface area contributed by atoms with E-state index in [4.69, 9.17) is 14.2 Å². The predicted molar refractivity (Wildman–Crippen MR) is 133 cm³/mol. The Morgan fingerprint density at radius 3 is 1.97 bits per heavy atom. The van der Waals surface area contributed by atoms with E-state index >= 15 is 0 Å². The van der Waals surface area contributed by atoms with Crippen LogP contribution in [0.5, 0.6) is 5.75 Å². The van der Waals surface area contributed by atoms with Crippen LogP contribution in [0.4, 0.5) is 0 Å². The van der Waals surface area contributed by atoms with Crippen LogP contribution in [-0.4, -0.2) is 19.8 Å². The molecule has 1 saturated heterocycles. The van der Waals surface area contributed by atoms with Crippen LogP contribution in [0.2, 0.25) is 0 Å². The van der Waals surface area contributed by atoms with Crippen molar-refractivity contribution in [1.82, 2.24) is 0 Å². The number of rotatable bonds is 14. The molecule has 0 unspecified atom stereocenters. The van der Waals surface area contributed by atoms with Gasteiger partial charge in [0.25, 0.3) is 0 Å². The minimum absolute atomic E-state index is 0.218. The molecule has 1 heterocycles. The average molecular weight is 445 g/mol. The van der Waals surface area contributed by atoms with E-state index in [2.05, 4.69) is 38.1 Å². The van der Waals surface area contributed by atoms with E-state index in [1.807, 2.05) is 0 Å². The first kappa shape index (κ1) is 25.6. The van der Waals surface area contributed by atoms with Crippen LogP contribution in [-0.2, 0) is 9.47 Å². The van der Waals surface area contributed by atoms with Crippen molar-refractivity contribution in [3.05, 3.63) is 29.8 Å². The van der Waals surface area contributed by atoms with Gasteiger partial charge in [0.1, 0.15) is 5.75 Å². The molecule has 3 rings (SSSR count). The van der Waals surface area contributed by atoms with E-state index in [9.17, 15) is 0 Å². The van der Waals surface area contributed by atoms with Crippen LogP contribution < -0.4 is 4.74 Å². The van der Waals surface area contributed by atoms with Crippen LogP contribution in [0, 0.1) is 17.8 Å². The van der Waals surface area contributed by atoms with Crippen molar-refractivity contribution < 1.29 is 14.2 Å². The van der Waals surface area contributed by atoms with Crippen molar-refractivity contribution in [3.63, 3.8) is 0 Å². The predicted octanol–water partition coefficient (Wildman–Crippen LogP) is 8.47. The molecule has 32 heavy (non-hydrogen) atoms. The van der Waals surface area contributed by atoms with Gasteiger partial charge in [-0.3, -0.25) is 0 Å². The molecule has 3 heteroatoms. The molecule has 1 aromatic rings. The highest BCUT2D eigenvalue weighted by Crippen LogP contribution is 2.38. The quantitative estimate of drug-likeness (QED) is 0.269. The van der Waals surface area contributed by atoms with E-state index in [1.165, 1.54) is 83.5 Å². The minimum Gasteiger partial charge on any atom is -0.494 e. The summed E-state index contributed by atoms with van der Waals surface area (Å²) in [6, 6.07) is 8.33. The summed E-state index contributed by atoms with van der Waals surface area (Å²) < 4.78 is 18.2. The average Bonchev–Trinajstić information content (AvgIpc) is 2.84. The van der Waals surface area contributed by atoms with Crippen LogP contribution in [0.1, 0.15) is 116 Å². The summed E-state index contributed by atoms with van der Waals surface area (Å²) in [7, 11) is 0. The third-order valence-electron chi connectivity index (χ3n) is 7.60. The van der Waals surface area contributed by atoms with Crippen molar-refractivity contribution in [2.24, 2.45) is 17.8 Å². The van der Waals surface area contributed by atoms with Gasteiger partial charge < -0.3 is 14.2 Å². The maximum atomic E-state index is 6.14. The van der Waals surface area contributed by atoms with Gasteiger partial charge in [-0.05, 0) is 43.2 Å². The number of benzene rings is 1. The lowest BCUT2D eigenvalue weighted by Gasteiger charge is -2.37. The first-order chi connectivity index (χ1) is 15.8. The Morgan fingerprint density at radius 1 is 0.719 bits per heavy atom. The highest BCUT2D eigenvalue weighted by atomic mass is 16.7. The number of hydrogen-bond donors (Lipinski definition) is 0. The van der Waals surface area contributed by atoms with Gasteiger partial charge in [-0.2, -0.15) is 0 Å². The molecular weight excluding hydrogens is 396 g/mol. The standard InChI is InChI=1S/C29H48O3/c1-3-5-6-7-8-9-10-11-21-30-28-19-17-26(18-20-28)29-31-22-27(23-32-29)25-15-13-24(12-4-2)14-16-25/h17-20,24-25,27,29H,3-16,21-23H2,1-2H3/t24?,25?,27-,29-. The SMILES string of the molecule is CCCCCCCCCCOc1ccc([C@H]2OC[C@H](C3CCC(CCC)CC3)CO2)cc1. The molecule has 1 aliphatic heterocycles. The molecule has 0 aromatic heterocycles. The Balaban J connectivity index is 1.28. The molecule has 1 saturated carbocycles. The molecule has 0 radical (unpaired) electrons. The summed E-state index contributed by atoms with van der Waals surface area (Å²) in [6.45, 7) is 7.07. The Bertz CT molecular complexity index is 583. The first-order valence-corrected chi connectivity index (χ1v) is 13.8. The zero-order valence-electron chi connectivity index (χ0n) is 20.9. The fourth-order valence-corrected chi connectivity index (χ4v) is 5.49. The topological polar surface area (TPSA) is 27.7 Å². The highest BCUT2D eigenvalue weighted by molar-refractivity contribution is 5.28. The lowest BCUT2D eigenvalue weighted by atomic mass is 9.75. The fraction of sp³-hybridized carbons (Fsp3) is 0.793. The smallest absolute Gasteiger partial charge is 0.183 e. The summed E-state index contributed by atoms with van der Waals surface area (Å²) in [5.41, 5.74) is 1.11. The normalized spacial score (nSPS) is 26.2. The van der Waals surface area contributed by atoms with E-state index in [1.54, 1.807) is 0 Å². The van der Waals surface area contributed by atoms with Crippen LogP contribution in [0.3, 0.4) is 0 Å². The third kappa shape index (κ3) is 8.71. The first-order valence-electron chi connectivity index (χ1n) is 13.8. The van der Waals surface area contributed by atoms with Crippen LogP contribution >= 0.6 is 0 Å². The molecule has 2 aliphatic rings. The number of ether oxygens (including phenoxy) is 3. The number of hydrogen-bond acceptors (Lipinski definition) is 3. The summed E-state index contributed by atoms with van der Waals surface area (Å²) >= 11 is 0. The summed E-state index contributed by atoms with van der Waals surface area (Å²) in [4.78, 5) is 0. The summed E-state index contributed by atoms with van der Waals surface area (Å²) in [6.07, 6.45) is 18.7. The van der Waals surface area contributed by atoms with Gasteiger partial charge in [-0.15, -0.1) is 0 Å². The second kappa shape index (κ2) is 15.0. The van der Waals surface area contributed by atoms with E-state index in [0.29, 0.717) is 5.92 Å². The fourth-order valence-electron chi connectivity index (χ4n) is 5.49. The Labute approximate surface area is 197 Å². The van der Waals surface area contributed by atoms with Gasteiger partial charge in [0.05, 0.1) is 19.8 Å². The lowest BCUT2D eigenvalue weighted by molar-refractivity contribution is -0.214. The van der Waals surface area contributed by atoms with Gasteiger partial charge in [-0.25, -0.2) is 0 Å². The Hall–Kier alpha value is -1.06. The molecule has 0 N–H and O–H groups in total. The molecule has 2 fully saturated rings. The van der Waals surface area contributed by atoms with Crippen molar-refractivity contribution in [2.75, 3.05) is 19.8 Å². The maximum Gasteiger partial charge on any atom is 0.183 e. The molecule has 0 amide bonds. The largest absolute Gasteiger partial charge is 0.494 e. The summed E-state index contributed by atoms with van der Waals surface area (Å²) in [5, 5.41) is 0. The molecule has 1 aromatic carbocycles. The van der Waals surface area contributed by atoms with Gasteiger partial charge in [0.2, 0.25) is 0 Å².